The third-order valence-corrected chi connectivity index (χ3v) is 5.20. The molecular formula is C18H14N2O2S. The van der Waals surface area contributed by atoms with Gasteiger partial charge in [0.15, 0.2) is 11.6 Å². The maximum Gasteiger partial charge on any atom is 0.166 e. The van der Waals surface area contributed by atoms with E-state index >= 15 is 0 Å². The van der Waals surface area contributed by atoms with E-state index in [4.69, 9.17) is 0 Å². The quantitative estimate of drug-likeness (QED) is 0.753. The summed E-state index contributed by atoms with van der Waals surface area (Å²) in [5, 5.41) is 10.2. The number of thiophene rings is 1. The SMILES string of the molecule is O=C1C=CC(c2cccs2)C(=O)C1Cc1n[nH]c2ccccc12. The van der Waals surface area contributed by atoms with Crippen LogP contribution >= 0.6 is 11.3 Å². The number of Topliss-reactive ketones (excluding diaryl/α,β-unsaturated/α-hetero) is 1. The van der Waals surface area contributed by atoms with Crippen molar-refractivity contribution >= 4 is 33.8 Å². The monoisotopic (exact) mass is 322 g/mol. The minimum Gasteiger partial charge on any atom is -0.298 e. The van der Waals surface area contributed by atoms with Gasteiger partial charge in [0.25, 0.3) is 0 Å². The Kier molecular flexibility index (Phi) is 3.42. The molecule has 114 valence electrons. The Morgan fingerprint density at radius 2 is 2.00 bits per heavy atom. The summed E-state index contributed by atoms with van der Waals surface area (Å²) in [6.07, 6.45) is 3.61. The number of ketones is 2. The smallest absolute Gasteiger partial charge is 0.166 e. The molecule has 2 atom stereocenters. The van der Waals surface area contributed by atoms with Crippen LogP contribution in [0.4, 0.5) is 0 Å². The standard InChI is InChI=1S/C18H14N2O2S/c21-16-8-7-12(17-6-3-9-23-17)18(22)13(16)10-15-11-4-1-2-5-14(11)19-20-15/h1-9,12-13H,10H2,(H,19,20). The number of nitrogens with zero attached hydrogens (tertiary/aromatic N) is 1. The van der Waals surface area contributed by atoms with Gasteiger partial charge in [-0.25, -0.2) is 0 Å². The Hall–Kier alpha value is -2.53. The molecule has 2 aromatic heterocycles. The number of aromatic amines is 1. The van der Waals surface area contributed by atoms with Crippen molar-refractivity contribution in [2.24, 2.45) is 5.92 Å². The van der Waals surface area contributed by atoms with E-state index < -0.39 is 5.92 Å². The number of aromatic nitrogens is 2. The summed E-state index contributed by atoms with van der Waals surface area (Å²) in [5.41, 5.74) is 1.69. The maximum atomic E-state index is 12.8. The van der Waals surface area contributed by atoms with Crippen molar-refractivity contribution in [1.82, 2.24) is 10.2 Å². The van der Waals surface area contributed by atoms with E-state index in [2.05, 4.69) is 10.2 Å². The number of nitrogens with one attached hydrogen (secondary N) is 1. The third kappa shape index (κ3) is 2.43. The molecule has 4 nitrogen and oxygen atoms in total. The number of H-pyrrole nitrogens is 1. The molecule has 0 fully saturated rings. The zero-order valence-corrected chi connectivity index (χ0v) is 13.0. The van der Waals surface area contributed by atoms with Crippen molar-refractivity contribution in [1.29, 1.82) is 0 Å². The summed E-state index contributed by atoms with van der Waals surface area (Å²) in [7, 11) is 0. The van der Waals surface area contributed by atoms with Gasteiger partial charge < -0.3 is 0 Å². The van der Waals surface area contributed by atoms with Gasteiger partial charge in [-0.2, -0.15) is 5.10 Å². The number of benzene rings is 1. The Bertz CT molecular complexity index is 908. The number of carbonyl (C=O) groups excluding carboxylic acids is 2. The van der Waals surface area contributed by atoms with E-state index in [1.807, 2.05) is 41.8 Å². The van der Waals surface area contributed by atoms with Crippen molar-refractivity contribution in [2.75, 3.05) is 0 Å². The molecule has 0 bridgehead atoms. The lowest BCUT2D eigenvalue weighted by atomic mass is 9.81. The van der Waals surface area contributed by atoms with Crippen molar-refractivity contribution in [3.8, 4) is 0 Å². The minimum absolute atomic E-state index is 0.0352. The molecule has 4 rings (SSSR count). The van der Waals surface area contributed by atoms with Crippen LogP contribution in [-0.4, -0.2) is 21.8 Å². The van der Waals surface area contributed by atoms with Gasteiger partial charge in [-0.15, -0.1) is 11.3 Å². The largest absolute Gasteiger partial charge is 0.298 e. The van der Waals surface area contributed by atoms with Crippen LogP contribution < -0.4 is 0 Å². The predicted molar refractivity (Wildman–Crippen MR) is 89.5 cm³/mol. The number of para-hydroxylation sites is 1. The maximum absolute atomic E-state index is 12.8. The van der Waals surface area contributed by atoms with Crippen molar-refractivity contribution in [3.63, 3.8) is 0 Å². The summed E-state index contributed by atoms with van der Waals surface area (Å²) in [6, 6.07) is 11.6. The van der Waals surface area contributed by atoms with Crippen LogP contribution in [0.5, 0.6) is 0 Å². The second-order valence-electron chi connectivity index (χ2n) is 5.63. The first-order chi connectivity index (χ1) is 11.2. The molecule has 2 heterocycles. The molecule has 3 aromatic rings. The van der Waals surface area contributed by atoms with Crippen LogP contribution in [0.2, 0.25) is 0 Å². The highest BCUT2D eigenvalue weighted by Crippen LogP contribution is 2.31. The topological polar surface area (TPSA) is 62.8 Å². The molecule has 0 saturated carbocycles. The van der Waals surface area contributed by atoms with Gasteiger partial charge in [-0.1, -0.05) is 30.3 Å². The lowest BCUT2D eigenvalue weighted by molar-refractivity contribution is -0.131. The van der Waals surface area contributed by atoms with Gasteiger partial charge in [0.2, 0.25) is 0 Å². The van der Waals surface area contributed by atoms with E-state index in [0.29, 0.717) is 6.42 Å². The van der Waals surface area contributed by atoms with Crippen LogP contribution in [0.3, 0.4) is 0 Å². The zero-order chi connectivity index (χ0) is 15.8. The van der Waals surface area contributed by atoms with Crippen molar-refractivity contribution in [3.05, 3.63) is 64.5 Å². The van der Waals surface area contributed by atoms with Gasteiger partial charge in [0.05, 0.1) is 23.0 Å². The summed E-state index contributed by atoms with van der Waals surface area (Å²) in [5.74, 6) is -1.14. The highest BCUT2D eigenvalue weighted by Gasteiger charge is 2.35. The van der Waals surface area contributed by atoms with Crippen LogP contribution in [0.15, 0.2) is 53.9 Å². The fraction of sp³-hybridized carbons (Fsp3) is 0.167. The molecule has 2 unspecified atom stereocenters. The normalized spacial score (nSPS) is 21.2. The van der Waals surface area contributed by atoms with E-state index in [9.17, 15) is 9.59 Å². The van der Waals surface area contributed by atoms with E-state index in [-0.39, 0.29) is 17.5 Å². The molecule has 1 aliphatic rings. The van der Waals surface area contributed by atoms with E-state index in [1.165, 1.54) is 0 Å². The van der Waals surface area contributed by atoms with Crippen LogP contribution in [0.25, 0.3) is 10.9 Å². The molecule has 0 aliphatic heterocycles. The van der Waals surface area contributed by atoms with Gasteiger partial charge in [-0.3, -0.25) is 14.7 Å². The van der Waals surface area contributed by atoms with Crippen LogP contribution in [0, 0.1) is 5.92 Å². The molecule has 1 N–H and O–H groups in total. The molecule has 0 spiro atoms. The van der Waals surface area contributed by atoms with E-state index in [1.54, 1.807) is 23.5 Å². The van der Waals surface area contributed by atoms with Crippen molar-refractivity contribution in [2.45, 2.75) is 12.3 Å². The molecule has 23 heavy (non-hydrogen) atoms. The number of hydrogen-bond donors (Lipinski definition) is 1. The lowest BCUT2D eigenvalue weighted by Crippen LogP contribution is -2.32. The summed E-state index contributed by atoms with van der Waals surface area (Å²) in [4.78, 5) is 26.0. The average Bonchev–Trinajstić information content (AvgIpc) is 3.21. The lowest BCUT2D eigenvalue weighted by Gasteiger charge is -2.21. The first kappa shape index (κ1) is 14.1. The molecule has 1 aliphatic carbocycles. The molecule has 0 radical (unpaired) electrons. The Labute approximate surface area is 136 Å². The Morgan fingerprint density at radius 3 is 2.83 bits per heavy atom. The zero-order valence-electron chi connectivity index (χ0n) is 12.2. The van der Waals surface area contributed by atoms with Gasteiger partial charge in [0, 0.05) is 16.7 Å². The summed E-state index contributed by atoms with van der Waals surface area (Å²) < 4.78 is 0. The molecular weight excluding hydrogens is 308 g/mol. The Balaban J connectivity index is 1.67. The van der Waals surface area contributed by atoms with Gasteiger partial charge in [-0.05, 0) is 23.6 Å². The molecule has 1 aromatic carbocycles. The fourth-order valence-corrected chi connectivity index (χ4v) is 3.85. The van der Waals surface area contributed by atoms with Crippen LogP contribution in [-0.2, 0) is 16.0 Å². The first-order valence-corrected chi connectivity index (χ1v) is 8.33. The highest BCUT2D eigenvalue weighted by atomic mass is 32.1. The molecule has 0 amide bonds. The van der Waals surface area contributed by atoms with Gasteiger partial charge in [0.1, 0.15) is 0 Å². The second-order valence-corrected chi connectivity index (χ2v) is 6.61. The number of carbonyl (C=O) groups is 2. The third-order valence-electron chi connectivity index (χ3n) is 4.24. The minimum atomic E-state index is -0.654. The highest BCUT2D eigenvalue weighted by molar-refractivity contribution is 7.10. The van der Waals surface area contributed by atoms with Crippen LogP contribution in [0.1, 0.15) is 16.5 Å². The molecule has 0 saturated heterocycles. The summed E-state index contributed by atoms with van der Waals surface area (Å²) >= 11 is 1.54. The average molecular weight is 322 g/mol. The first-order valence-electron chi connectivity index (χ1n) is 7.45. The summed E-state index contributed by atoms with van der Waals surface area (Å²) in [6.45, 7) is 0. The number of allylic oxidation sites excluding steroid dienone is 2. The Morgan fingerprint density at radius 1 is 1.13 bits per heavy atom. The number of rotatable bonds is 3. The second kappa shape index (κ2) is 5.59. The van der Waals surface area contributed by atoms with E-state index in [0.717, 1.165) is 21.5 Å². The number of fused-ring (bicyclic) bond motifs is 1. The van der Waals surface area contributed by atoms with Gasteiger partial charge >= 0.3 is 0 Å². The van der Waals surface area contributed by atoms with Crippen molar-refractivity contribution < 1.29 is 9.59 Å². The predicted octanol–water partition coefficient (Wildman–Crippen LogP) is 3.27. The fourth-order valence-electron chi connectivity index (χ4n) is 3.03. The molecule has 5 heteroatoms. The number of hydrogen-bond acceptors (Lipinski definition) is 4.